The molecule has 0 aliphatic carbocycles. The molecule has 0 saturated carbocycles. The number of rotatable bonds is 65. The van der Waals surface area contributed by atoms with Crippen LogP contribution in [0.1, 0.15) is 310 Å². The van der Waals surface area contributed by atoms with Crippen molar-refractivity contribution < 1.29 is 37.3 Å². The molecule has 0 saturated heterocycles. The summed E-state index contributed by atoms with van der Waals surface area (Å²) in [6.45, 7) is 6.70. The quantitative estimate of drug-likeness (QED) is 0.0212. The van der Waals surface area contributed by atoms with Crippen molar-refractivity contribution in [1.82, 2.24) is 5.32 Å². The van der Waals surface area contributed by atoms with Gasteiger partial charge in [-0.05, 0) is 122 Å². The van der Waals surface area contributed by atoms with Crippen molar-refractivity contribution in [3.63, 3.8) is 0 Å². The predicted molar refractivity (Wildman–Crippen MR) is 380 cm³/mol. The Morgan fingerprint density at radius 2 is 0.727 bits per heavy atom. The first kappa shape index (κ1) is 84.4. The molecule has 0 aromatic heterocycles. The van der Waals surface area contributed by atoms with E-state index >= 15 is 0 Å². The highest BCUT2D eigenvalue weighted by Gasteiger charge is 2.27. The molecule has 0 aliphatic rings. The van der Waals surface area contributed by atoms with Crippen LogP contribution in [0.25, 0.3) is 0 Å². The summed E-state index contributed by atoms with van der Waals surface area (Å²) in [4.78, 5) is 40.2. The number of hydrogen-bond donors (Lipinski definition) is 1. The summed E-state index contributed by atoms with van der Waals surface area (Å²) in [5.74, 6) is -0.571. The summed E-state index contributed by atoms with van der Waals surface area (Å²) in [5.41, 5.74) is 0. The van der Waals surface area contributed by atoms with Gasteiger partial charge in [-0.2, -0.15) is 0 Å². The van der Waals surface area contributed by atoms with E-state index in [0.717, 1.165) is 122 Å². The van der Waals surface area contributed by atoms with E-state index in [1.807, 2.05) is 33.3 Å². The number of likely N-dealkylation sites (N-methyl/N-ethyl adjacent to an activating group) is 1. The Hall–Kier alpha value is -3.59. The molecule has 3 atom stereocenters. The lowest BCUT2D eigenvalue weighted by Gasteiger charge is -2.30. The smallest absolute Gasteiger partial charge is 0.306 e. The van der Waals surface area contributed by atoms with Gasteiger partial charge in [0.05, 0.1) is 33.8 Å². The number of phosphoric ester groups is 1. The molecule has 10 heteroatoms. The molecule has 3 unspecified atom stereocenters. The van der Waals surface area contributed by atoms with Gasteiger partial charge in [0.25, 0.3) is 7.82 Å². The van der Waals surface area contributed by atoms with Crippen molar-refractivity contribution in [1.29, 1.82) is 0 Å². The molecule has 1 amide bonds. The van der Waals surface area contributed by atoms with E-state index in [4.69, 9.17) is 13.8 Å². The van der Waals surface area contributed by atoms with Gasteiger partial charge in [-0.3, -0.25) is 14.2 Å². The molecular formula is C78H137N2O7P. The van der Waals surface area contributed by atoms with Crippen LogP contribution in [0.5, 0.6) is 0 Å². The largest absolute Gasteiger partial charge is 0.756 e. The number of nitrogens with zero attached hydrogens (tertiary/aromatic N) is 1. The lowest BCUT2D eigenvalue weighted by atomic mass is 10.0. The molecule has 0 heterocycles. The van der Waals surface area contributed by atoms with Crippen molar-refractivity contribution >= 4 is 19.7 Å². The van der Waals surface area contributed by atoms with Crippen molar-refractivity contribution in [3.05, 3.63) is 122 Å². The van der Waals surface area contributed by atoms with Crippen molar-refractivity contribution in [2.45, 2.75) is 322 Å². The summed E-state index contributed by atoms with van der Waals surface area (Å²) in [5, 5.41) is 3.04. The maximum atomic E-state index is 13.6. The average molecular weight is 1250 g/mol. The average Bonchev–Trinajstić information content (AvgIpc) is 3.71. The van der Waals surface area contributed by atoms with Crippen molar-refractivity contribution in [2.75, 3.05) is 40.9 Å². The molecule has 0 fully saturated rings. The number of allylic oxidation sites excluding steroid dienone is 19. The third-order valence-electron chi connectivity index (χ3n) is 15.6. The van der Waals surface area contributed by atoms with Crippen LogP contribution in [0.4, 0.5) is 0 Å². The van der Waals surface area contributed by atoms with Crippen LogP contribution in [-0.2, 0) is 27.9 Å². The highest BCUT2D eigenvalue weighted by Crippen LogP contribution is 2.38. The number of phosphoric acid groups is 1. The lowest BCUT2D eigenvalue weighted by Crippen LogP contribution is -2.47. The fraction of sp³-hybridized carbons (Fsp3) is 0.718. The highest BCUT2D eigenvalue weighted by atomic mass is 31.2. The van der Waals surface area contributed by atoms with Crippen LogP contribution in [0.15, 0.2) is 122 Å². The fourth-order valence-corrected chi connectivity index (χ4v) is 10.8. The second kappa shape index (κ2) is 66.3. The zero-order valence-electron chi connectivity index (χ0n) is 57.9. The SMILES string of the molecule is CC/C=C\C/C=C\C/C=C\C/C=C\C/C=C\C/C=C\CCCCCCC(=O)OC(/C=C\CCCCCCCCCCCC)C(COP(=O)([O-])OCC[N+](C)(C)C)NC(=O)CCCCCCCCCCCCCCCC/C=C\C/C=C\C/C=C\CCCCC. The number of carbonyl (C=O) groups excluding carboxylic acids is 2. The van der Waals surface area contributed by atoms with Gasteiger partial charge in [-0.15, -0.1) is 0 Å². The molecule has 0 aromatic rings. The molecule has 88 heavy (non-hydrogen) atoms. The minimum atomic E-state index is -4.72. The minimum absolute atomic E-state index is 0.0321. The number of carbonyl (C=O) groups is 2. The van der Waals surface area contributed by atoms with Crippen LogP contribution >= 0.6 is 7.82 Å². The zero-order valence-corrected chi connectivity index (χ0v) is 58.8. The molecule has 1 N–H and O–H groups in total. The first-order valence-electron chi connectivity index (χ1n) is 36.3. The Balaban J connectivity index is 5.09. The standard InChI is InChI=1S/C78H137N2O7P/c1-7-10-13-16-19-22-25-28-30-32-34-36-38-39-40-41-43-44-46-48-50-52-55-58-61-64-67-70-77(81)79-75(74-86-88(83,84)85-73-72-80(4,5)6)76(69-66-63-60-57-54-27-24-21-18-15-12-9-3)87-78(82)71-68-65-62-59-56-53-51-49-47-45-42-37-35-33-31-29-26-23-20-17-14-11-8-2/h11,14,19-20,22-23,28-31,34-37,45,47,51,53,66,69,75-76H,7-10,12-13,15-18,21,24-27,32-33,38-44,46,48-50,52,54-65,67-68,70-74H2,1-6H3,(H-,79,81,83,84)/b14-11-,22-19-,23-20-,30-28-,31-29-,36-34-,37-35-,47-45-,53-51-,69-66-. The number of quaternary nitrogens is 1. The van der Waals surface area contributed by atoms with Gasteiger partial charge >= 0.3 is 5.97 Å². The van der Waals surface area contributed by atoms with E-state index in [9.17, 15) is 19.0 Å². The van der Waals surface area contributed by atoms with Gasteiger partial charge in [-0.25, -0.2) is 0 Å². The van der Waals surface area contributed by atoms with E-state index in [2.05, 4.69) is 135 Å². The Kier molecular flexibility index (Phi) is 63.6. The molecule has 0 rings (SSSR count). The first-order chi connectivity index (χ1) is 42.9. The maximum absolute atomic E-state index is 13.6. The zero-order chi connectivity index (χ0) is 64.2. The molecule has 0 aromatic carbocycles. The van der Waals surface area contributed by atoms with Gasteiger partial charge in [0.1, 0.15) is 19.3 Å². The van der Waals surface area contributed by atoms with Crippen LogP contribution in [0, 0.1) is 0 Å². The van der Waals surface area contributed by atoms with Gasteiger partial charge in [0, 0.05) is 12.8 Å². The van der Waals surface area contributed by atoms with Crippen LogP contribution < -0.4 is 10.2 Å². The molecule has 506 valence electrons. The van der Waals surface area contributed by atoms with E-state index in [-0.39, 0.29) is 24.9 Å². The summed E-state index contributed by atoms with van der Waals surface area (Å²) in [7, 11) is 1.16. The fourth-order valence-electron chi connectivity index (χ4n) is 10.1. The summed E-state index contributed by atoms with van der Waals surface area (Å²) < 4.78 is 30.4. The van der Waals surface area contributed by atoms with Gasteiger partial charge < -0.3 is 28.5 Å². The number of amides is 1. The maximum Gasteiger partial charge on any atom is 0.306 e. The van der Waals surface area contributed by atoms with E-state index < -0.39 is 26.6 Å². The number of esters is 1. The number of ether oxygens (including phenoxy) is 1. The Morgan fingerprint density at radius 3 is 1.11 bits per heavy atom. The van der Waals surface area contributed by atoms with Crippen LogP contribution in [0.3, 0.4) is 0 Å². The summed E-state index contributed by atoms with van der Waals surface area (Å²) in [6, 6.07) is -0.908. The van der Waals surface area contributed by atoms with Crippen LogP contribution in [-0.4, -0.2) is 69.4 Å². The normalized spacial score (nSPS) is 14.2. The second-order valence-electron chi connectivity index (χ2n) is 25.4. The summed E-state index contributed by atoms with van der Waals surface area (Å²) >= 11 is 0. The second-order valence-corrected chi connectivity index (χ2v) is 26.8. The van der Waals surface area contributed by atoms with E-state index in [0.29, 0.717) is 23.9 Å². The molecule has 0 bridgehead atoms. The molecular weight excluding hydrogens is 1110 g/mol. The molecule has 0 spiro atoms. The number of hydrogen-bond acceptors (Lipinski definition) is 7. The summed E-state index contributed by atoms with van der Waals surface area (Å²) in [6.07, 6.45) is 93.2. The van der Waals surface area contributed by atoms with E-state index in [1.54, 1.807) is 0 Å². The molecule has 0 radical (unpaired) electrons. The van der Waals surface area contributed by atoms with Crippen LogP contribution in [0.2, 0.25) is 0 Å². The number of nitrogens with one attached hydrogen (secondary N) is 1. The molecule has 0 aliphatic heterocycles. The Morgan fingerprint density at radius 1 is 0.409 bits per heavy atom. The van der Waals surface area contributed by atoms with E-state index in [1.165, 1.54) is 148 Å². The monoisotopic (exact) mass is 1250 g/mol. The lowest BCUT2D eigenvalue weighted by molar-refractivity contribution is -0.870. The van der Waals surface area contributed by atoms with Gasteiger partial charge in [0.2, 0.25) is 5.91 Å². The Bertz CT molecular complexity index is 1920. The molecule has 9 nitrogen and oxygen atoms in total. The third-order valence-corrected chi connectivity index (χ3v) is 16.6. The van der Waals surface area contributed by atoms with Crippen molar-refractivity contribution in [3.8, 4) is 0 Å². The number of unbranched alkanes of at least 4 members (excludes halogenated alkanes) is 31. The van der Waals surface area contributed by atoms with Crippen molar-refractivity contribution in [2.24, 2.45) is 0 Å². The van der Waals surface area contributed by atoms with Gasteiger partial charge in [-0.1, -0.05) is 297 Å². The highest BCUT2D eigenvalue weighted by molar-refractivity contribution is 7.45. The third kappa shape index (κ3) is 66.8. The topological polar surface area (TPSA) is 114 Å². The minimum Gasteiger partial charge on any atom is -0.756 e. The van der Waals surface area contributed by atoms with Gasteiger partial charge in [0.15, 0.2) is 0 Å². The predicted octanol–water partition coefficient (Wildman–Crippen LogP) is 22.8. The first-order valence-corrected chi connectivity index (χ1v) is 37.8. The Labute approximate surface area is 543 Å².